The smallest absolute Gasteiger partial charge is 0.253 e. The summed E-state index contributed by atoms with van der Waals surface area (Å²) in [6.07, 6.45) is 1.45. The fraction of sp³-hybridized carbons (Fsp3) is 0.333. The van der Waals surface area contributed by atoms with Crippen LogP contribution < -0.4 is 10.6 Å². The lowest BCUT2D eigenvalue weighted by molar-refractivity contribution is 0.0827. The number of carbonyl (C=O) groups is 1. The van der Waals surface area contributed by atoms with Gasteiger partial charge in [0.1, 0.15) is 5.82 Å². The Balaban J connectivity index is 0.00000420. The molecule has 0 bridgehead atoms. The number of aliphatic imine (C=N–C) groups is 1. The number of hydrogen-bond donors (Lipinski definition) is 2. The first-order valence-electron chi connectivity index (χ1n) is 9.09. The number of nitrogens with one attached hydrogen (secondary N) is 2. The zero-order valence-electron chi connectivity index (χ0n) is 16.8. The van der Waals surface area contributed by atoms with E-state index >= 15 is 0 Å². The summed E-state index contributed by atoms with van der Waals surface area (Å²) in [6.45, 7) is 1.28. The molecule has 0 fully saturated rings. The molecule has 0 aliphatic carbocycles. The van der Waals surface area contributed by atoms with E-state index < -0.39 is 0 Å². The van der Waals surface area contributed by atoms with Crippen LogP contribution >= 0.6 is 39.9 Å². The minimum Gasteiger partial charge on any atom is -0.356 e. The Morgan fingerprint density at radius 1 is 1.14 bits per heavy atom. The summed E-state index contributed by atoms with van der Waals surface area (Å²) in [5.74, 6) is 0.483. The molecule has 0 heterocycles. The zero-order chi connectivity index (χ0) is 20.5. The van der Waals surface area contributed by atoms with Crippen molar-refractivity contribution in [3.63, 3.8) is 0 Å². The van der Waals surface area contributed by atoms with Crippen molar-refractivity contribution >= 4 is 51.8 Å². The Morgan fingerprint density at radius 2 is 1.83 bits per heavy atom. The van der Waals surface area contributed by atoms with Crippen LogP contribution in [0.2, 0.25) is 0 Å². The van der Waals surface area contributed by atoms with Gasteiger partial charge in [-0.3, -0.25) is 9.79 Å². The van der Waals surface area contributed by atoms with E-state index in [4.69, 9.17) is 0 Å². The van der Waals surface area contributed by atoms with Crippen LogP contribution in [0.5, 0.6) is 0 Å². The third-order valence-corrected chi connectivity index (χ3v) is 4.71. The van der Waals surface area contributed by atoms with E-state index in [1.807, 2.05) is 30.3 Å². The van der Waals surface area contributed by atoms with Crippen LogP contribution in [0.25, 0.3) is 0 Å². The molecule has 0 atom stereocenters. The maximum Gasteiger partial charge on any atom is 0.253 e. The lowest BCUT2D eigenvalue weighted by Crippen LogP contribution is -2.37. The van der Waals surface area contributed by atoms with Crippen LogP contribution in [0.3, 0.4) is 0 Å². The van der Waals surface area contributed by atoms with E-state index in [0.29, 0.717) is 36.6 Å². The van der Waals surface area contributed by atoms with Crippen molar-refractivity contribution < 1.29 is 9.18 Å². The Hall–Kier alpha value is -1.68. The Labute approximate surface area is 197 Å². The third-order valence-electron chi connectivity index (χ3n) is 4.22. The SMILES string of the molecule is CN=C(NCCCc1ccc(Br)cc1F)NCc1ccc(C(=O)N(C)C)cc1.I. The number of carbonyl (C=O) groups excluding carboxylic acids is 1. The highest BCUT2D eigenvalue weighted by Crippen LogP contribution is 2.16. The predicted molar refractivity (Wildman–Crippen MR) is 130 cm³/mol. The molecular formula is C21H27BrFIN4O. The van der Waals surface area contributed by atoms with Crippen LogP contribution in [0.15, 0.2) is 51.9 Å². The van der Waals surface area contributed by atoms with Crippen LogP contribution in [0, 0.1) is 5.82 Å². The number of aryl methyl sites for hydroxylation is 1. The van der Waals surface area contributed by atoms with Gasteiger partial charge in [-0.1, -0.05) is 34.1 Å². The summed E-state index contributed by atoms with van der Waals surface area (Å²) in [7, 11) is 5.18. The number of halogens is 3. The van der Waals surface area contributed by atoms with Crippen molar-refractivity contribution in [2.45, 2.75) is 19.4 Å². The van der Waals surface area contributed by atoms with Crippen molar-refractivity contribution in [1.29, 1.82) is 0 Å². The normalized spacial score (nSPS) is 10.9. The standard InChI is InChI=1S/C21H26BrFN4O.HI/c1-24-21(25-12-4-5-16-10-11-18(22)13-19(16)23)26-14-15-6-8-17(9-7-15)20(28)27(2)3;/h6-11,13H,4-5,12,14H2,1-3H3,(H2,24,25,26);1H. The van der Waals surface area contributed by atoms with Crippen molar-refractivity contribution in [1.82, 2.24) is 15.5 Å². The van der Waals surface area contributed by atoms with Crippen LogP contribution in [0.4, 0.5) is 4.39 Å². The van der Waals surface area contributed by atoms with Gasteiger partial charge in [0.15, 0.2) is 5.96 Å². The molecule has 5 nitrogen and oxygen atoms in total. The van der Waals surface area contributed by atoms with E-state index in [-0.39, 0.29) is 35.7 Å². The maximum absolute atomic E-state index is 13.8. The summed E-state index contributed by atoms with van der Waals surface area (Å²) in [4.78, 5) is 17.7. The van der Waals surface area contributed by atoms with Gasteiger partial charge in [-0.05, 0) is 48.2 Å². The fourth-order valence-electron chi connectivity index (χ4n) is 2.64. The topological polar surface area (TPSA) is 56.7 Å². The van der Waals surface area contributed by atoms with E-state index in [1.54, 1.807) is 32.1 Å². The number of guanidine groups is 1. The minimum atomic E-state index is -0.187. The Kier molecular flexibility index (Phi) is 11.2. The average molecular weight is 577 g/mol. The lowest BCUT2D eigenvalue weighted by Gasteiger charge is -2.13. The molecule has 0 spiro atoms. The molecule has 2 N–H and O–H groups in total. The monoisotopic (exact) mass is 576 g/mol. The summed E-state index contributed by atoms with van der Waals surface area (Å²) in [5.41, 5.74) is 2.42. The van der Waals surface area contributed by atoms with Gasteiger partial charge in [0.05, 0.1) is 0 Å². The molecule has 0 aliphatic rings. The number of nitrogens with zero attached hydrogens (tertiary/aromatic N) is 2. The number of amides is 1. The first kappa shape index (κ1) is 25.4. The fourth-order valence-corrected chi connectivity index (χ4v) is 2.97. The quantitative estimate of drug-likeness (QED) is 0.225. The van der Waals surface area contributed by atoms with Gasteiger partial charge in [0.2, 0.25) is 0 Å². The molecule has 0 unspecified atom stereocenters. The Bertz CT molecular complexity index is 828. The molecule has 29 heavy (non-hydrogen) atoms. The van der Waals surface area contributed by atoms with Gasteiger partial charge < -0.3 is 15.5 Å². The lowest BCUT2D eigenvalue weighted by atomic mass is 10.1. The molecule has 0 radical (unpaired) electrons. The molecule has 0 aliphatic heterocycles. The molecule has 2 aromatic rings. The van der Waals surface area contributed by atoms with Gasteiger partial charge >= 0.3 is 0 Å². The maximum atomic E-state index is 13.8. The van der Waals surface area contributed by atoms with Gasteiger partial charge in [-0.2, -0.15) is 0 Å². The first-order valence-corrected chi connectivity index (χ1v) is 9.89. The van der Waals surface area contributed by atoms with Crippen LogP contribution in [-0.2, 0) is 13.0 Å². The number of hydrogen-bond acceptors (Lipinski definition) is 2. The van der Waals surface area contributed by atoms with E-state index in [0.717, 1.165) is 16.5 Å². The van der Waals surface area contributed by atoms with E-state index in [2.05, 4.69) is 31.6 Å². The predicted octanol–water partition coefficient (Wildman–Crippen LogP) is 4.21. The summed E-state index contributed by atoms with van der Waals surface area (Å²) in [6, 6.07) is 12.6. The van der Waals surface area contributed by atoms with Crippen molar-refractivity contribution in [3.05, 3.63) is 69.4 Å². The van der Waals surface area contributed by atoms with Crippen molar-refractivity contribution in [2.75, 3.05) is 27.7 Å². The highest BCUT2D eigenvalue weighted by Gasteiger charge is 2.07. The largest absolute Gasteiger partial charge is 0.356 e. The van der Waals surface area contributed by atoms with Crippen molar-refractivity contribution in [2.24, 2.45) is 4.99 Å². The molecular weight excluding hydrogens is 550 g/mol. The molecule has 0 saturated carbocycles. The second-order valence-corrected chi connectivity index (χ2v) is 7.50. The first-order chi connectivity index (χ1) is 13.4. The minimum absolute atomic E-state index is 0. The molecule has 2 rings (SSSR count). The van der Waals surface area contributed by atoms with Gasteiger partial charge in [0, 0.05) is 44.3 Å². The average Bonchev–Trinajstić information content (AvgIpc) is 2.68. The number of benzene rings is 2. The van der Waals surface area contributed by atoms with Crippen LogP contribution in [0.1, 0.15) is 27.9 Å². The molecule has 2 aromatic carbocycles. The van der Waals surface area contributed by atoms with Gasteiger partial charge in [-0.25, -0.2) is 4.39 Å². The van der Waals surface area contributed by atoms with Crippen LogP contribution in [-0.4, -0.2) is 44.5 Å². The zero-order valence-corrected chi connectivity index (χ0v) is 20.8. The third kappa shape index (κ3) is 8.30. The van der Waals surface area contributed by atoms with Crippen molar-refractivity contribution in [3.8, 4) is 0 Å². The van der Waals surface area contributed by atoms with E-state index in [9.17, 15) is 9.18 Å². The number of rotatable bonds is 7. The highest BCUT2D eigenvalue weighted by molar-refractivity contribution is 14.0. The highest BCUT2D eigenvalue weighted by atomic mass is 127. The molecule has 8 heteroatoms. The summed E-state index contributed by atoms with van der Waals surface area (Å²) >= 11 is 3.27. The molecule has 0 aromatic heterocycles. The summed E-state index contributed by atoms with van der Waals surface area (Å²) < 4.78 is 14.6. The Morgan fingerprint density at radius 3 is 2.41 bits per heavy atom. The summed E-state index contributed by atoms with van der Waals surface area (Å²) in [5, 5.41) is 6.47. The second-order valence-electron chi connectivity index (χ2n) is 6.59. The van der Waals surface area contributed by atoms with E-state index in [1.165, 1.54) is 6.07 Å². The van der Waals surface area contributed by atoms with Gasteiger partial charge in [0.25, 0.3) is 5.91 Å². The van der Waals surface area contributed by atoms with Gasteiger partial charge in [-0.15, -0.1) is 24.0 Å². The molecule has 1 amide bonds. The molecule has 0 saturated heterocycles. The molecule has 158 valence electrons. The second kappa shape index (κ2) is 12.8.